The van der Waals surface area contributed by atoms with E-state index in [1.54, 1.807) is 44.6 Å². The molecule has 3 heterocycles. The van der Waals surface area contributed by atoms with Gasteiger partial charge in [-0.3, -0.25) is 4.79 Å². The summed E-state index contributed by atoms with van der Waals surface area (Å²) in [6, 6.07) is 7.08. The Morgan fingerprint density at radius 1 is 1.13 bits per heavy atom. The van der Waals surface area contributed by atoms with E-state index in [1.807, 2.05) is 11.8 Å². The molecule has 1 aliphatic rings. The van der Waals surface area contributed by atoms with Gasteiger partial charge < -0.3 is 19.3 Å². The molecule has 2 aromatic heterocycles. The molecule has 0 aliphatic carbocycles. The first-order chi connectivity index (χ1) is 14.5. The lowest BCUT2D eigenvalue weighted by Gasteiger charge is -2.26. The van der Waals surface area contributed by atoms with Crippen molar-refractivity contribution in [2.75, 3.05) is 45.3 Å². The zero-order chi connectivity index (χ0) is 21.1. The van der Waals surface area contributed by atoms with Crippen LogP contribution in [0.25, 0.3) is 10.7 Å². The Balaban J connectivity index is 1.63. The largest absolute Gasteiger partial charge is 0.424 e. The number of aryl methyl sites for hydroxylation is 1. The van der Waals surface area contributed by atoms with Crippen LogP contribution in [0, 0.1) is 6.92 Å². The number of ether oxygens (including phenoxy) is 2. The number of hydrogen-bond acceptors (Lipinski definition) is 9. The topological polar surface area (TPSA) is 93.6 Å². The lowest BCUT2D eigenvalue weighted by Crippen LogP contribution is -2.37. The van der Waals surface area contributed by atoms with E-state index in [1.165, 1.54) is 16.2 Å². The van der Waals surface area contributed by atoms with E-state index in [0.717, 1.165) is 9.88 Å². The van der Waals surface area contributed by atoms with Gasteiger partial charge in [0.2, 0.25) is 5.95 Å². The molecule has 156 valence electrons. The van der Waals surface area contributed by atoms with Crippen LogP contribution in [0.3, 0.4) is 0 Å². The molecule has 0 bridgehead atoms. The van der Waals surface area contributed by atoms with E-state index in [0.29, 0.717) is 49.4 Å². The lowest BCUT2D eigenvalue weighted by atomic mass is 10.2. The van der Waals surface area contributed by atoms with E-state index in [2.05, 4.69) is 19.9 Å². The average molecular weight is 427 g/mol. The predicted molar refractivity (Wildman–Crippen MR) is 113 cm³/mol. The standard InChI is InChI=1S/C20H22N6O3S/c1-13-21-12-16(30-13)17-22-19(26-8-10-28-11-9-26)24-20(23-17)29-15-6-4-14(5-7-15)18(27)25(2)3/h4-7,12H,8-11H2,1-3H3. The maximum Gasteiger partial charge on any atom is 0.327 e. The molecule has 3 aromatic rings. The summed E-state index contributed by atoms with van der Waals surface area (Å²) in [7, 11) is 3.43. The van der Waals surface area contributed by atoms with E-state index in [-0.39, 0.29) is 11.9 Å². The molecule has 0 spiro atoms. The number of thiazole rings is 1. The molecule has 0 radical (unpaired) electrons. The van der Waals surface area contributed by atoms with Crippen molar-refractivity contribution < 1.29 is 14.3 Å². The normalized spacial score (nSPS) is 13.9. The van der Waals surface area contributed by atoms with E-state index < -0.39 is 0 Å². The smallest absolute Gasteiger partial charge is 0.327 e. The Kier molecular flexibility index (Phi) is 5.86. The molecule has 1 fully saturated rings. The molecular weight excluding hydrogens is 404 g/mol. The van der Waals surface area contributed by atoms with Gasteiger partial charge in [-0.25, -0.2) is 4.98 Å². The number of carbonyl (C=O) groups excluding carboxylic acids is 1. The summed E-state index contributed by atoms with van der Waals surface area (Å²) in [6.07, 6.45) is 1.75. The number of aromatic nitrogens is 4. The third-order valence-electron chi connectivity index (χ3n) is 4.46. The molecular formula is C20H22N6O3S. The van der Waals surface area contributed by atoms with Crippen molar-refractivity contribution in [1.29, 1.82) is 0 Å². The van der Waals surface area contributed by atoms with Crippen molar-refractivity contribution in [3.8, 4) is 22.5 Å². The minimum Gasteiger partial charge on any atom is -0.424 e. The van der Waals surface area contributed by atoms with Crippen LogP contribution in [0.5, 0.6) is 11.8 Å². The van der Waals surface area contributed by atoms with Crippen LogP contribution in [0.1, 0.15) is 15.4 Å². The molecule has 30 heavy (non-hydrogen) atoms. The van der Waals surface area contributed by atoms with Crippen molar-refractivity contribution in [3.05, 3.63) is 41.0 Å². The van der Waals surface area contributed by atoms with E-state index in [4.69, 9.17) is 9.47 Å². The summed E-state index contributed by atoms with van der Waals surface area (Å²) in [4.78, 5) is 34.4. The number of nitrogens with zero attached hydrogens (tertiary/aromatic N) is 6. The highest BCUT2D eigenvalue weighted by molar-refractivity contribution is 7.14. The molecule has 1 aromatic carbocycles. The van der Waals surface area contributed by atoms with Gasteiger partial charge in [0.1, 0.15) is 5.75 Å². The van der Waals surface area contributed by atoms with Crippen LogP contribution in [0.15, 0.2) is 30.5 Å². The quantitative estimate of drug-likeness (QED) is 0.615. The summed E-state index contributed by atoms with van der Waals surface area (Å²) in [5.41, 5.74) is 0.581. The van der Waals surface area contributed by atoms with E-state index >= 15 is 0 Å². The van der Waals surface area contributed by atoms with Crippen molar-refractivity contribution in [2.24, 2.45) is 0 Å². The van der Waals surface area contributed by atoms with Crippen molar-refractivity contribution in [1.82, 2.24) is 24.8 Å². The molecule has 9 nitrogen and oxygen atoms in total. The number of morpholine rings is 1. The van der Waals surface area contributed by atoms with Gasteiger partial charge in [0.15, 0.2) is 5.82 Å². The Morgan fingerprint density at radius 2 is 1.87 bits per heavy atom. The van der Waals surface area contributed by atoms with Crippen LogP contribution < -0.4 is 9.64 Å². The zero-order valence-electron chi connectivity index (χ0n) is 17.0. The predicted octanol–water partition coefficient (Wildman–Crippen LogP) is 2.63. The summed E-state index contributed by atoms with van der Waals surface area (Å²) in [5, 5.41) is 0.932. The molecule has 0 atom stereocenters. The minimum absolute atomic E-state index is 0.0702. The highest BCUT2D eigenvalue weighted by atomic mass is 32.1. The third kappa shape index (κ3) is 4.55. The summed E-state index contributed by atoms with van der Waals surface area (Å²) >= 11 is 1.51. The second-order valence-electron chi connectivity index (χ2n) is 6.91. The van der Waals surface area contributed by atoms with Gasteiger partial charge >= 0.3 is 6.01 Å². The molecule has 10 heteroatoms. The van der Waals surface area contributed by atoms with Crippen LogP contribution in [-0.4, -0.2) is 71.1 Å². The number of anilines is 1. The Morgan fingerprint density at radius 3 is 2.50 bits per heavy atom. The lowest BCUT2D eigenvalue weighted by molar-refractivity contribution is 0.0827. The summed E-state index contributed by atoms with van der Waals surface area (Å²) in [6.45, 7) is 4.58. The fourth-order valence-corrected chi connectivity index (χ4v) is 3.61. The molecule has 1 saturated heterocycles. The molecule has 0 unspecified atom stereocenters. The third-order valence-corrected chi connectivity index (χ3v) is 5.36. The Labute approximate surface area is 178 Å². The van der Waals surface area contributed by atoms with Crippen LogP contribution >= 0.6 is 11.3 Å². The summed E-state index contributed by atoms with van der Waals surface area (Å²) in [5.74, 6) is 1.53. The molecule has 1 aliphatic heterocycles. The number of amides is 1. The Hall–Kier alpha value is -3.11. The fraction of sp³-hybridized carbons (Fsp3) is 0.350. The van der Waals surface area contributed by atoms with Gasteiger partial charge in [-0.05, 0) is 31.2 Å². The van der Waals surface area contributed by atoms with Crippen LogP contribution in [0.4, 0.5) is 5.95 Å². The SMILES string of the molecule is Cc1ncc(-c2nc(Oc3ccc(C(=O)N(C)C)cc3)nc(N3CCOCC3)n2)s1. The first-order valence-corrected chi connectivity index (χ1v) is 10.3. The first-order valence-electron chi connectivity index (χ1n) is 9.51. The second kappa shape index (κ2) is 8.72. The van der Waals surface area contributed by atoms with Crippen LogP contribution in [-0.2, 0) is 4.74 Å². The molecule has 0 saturated carbocycles. The number of hydrogen-bond donors (Lipinski definition) is 0. The van der Waals surface area contributed by atoms with Gasteiger partial charge in [-0.2, -0.15) is 15.0 Å². The Bertz CT molecular complexity index is 1030. The molecule has 4 rings (SSSR count). The monoisotopic (exact) mass is 426 g/mol. The van der Waals surface area contributed by atoms with Gasteiger partial charge in [-0.15, -0.1) is 11.3 Å². The van der Waals surface area contributed by atoms with Crippen molar-refractivity contribution in [2.45, 2.75) is 6.92 Å². The van der Waals surface area contributed by atoms with Crippen molar-refractivity contribution in [3.63, 3.8) is 0 Å². The second-order valence-corrected chi connectivity index (χ2v) is 8.15. The number of benzene rings is 1. The highest BCUT2D eigenvalue weighted by Gasteiger charge is 2.19. The minimum atomic E-state index is -0.0702. The van der Waals surface area contributed by atoms with E-state index in [9.17, 15) is 4.79 Å². The van der Waals surface area contributed by atoms with Gasteiger partial charge in [0.25, 0.3) is 5.91 Å². The molecule has 1 amide bonds. The van der Waals surface area contributed by atoms with Gasteiger partial charge in [-0.1, -0.05) is 0 Å². The first kappa shape index (κ1) is 20.2. The fourth-order valence-electron chi connectivity index (χ4n) is 2.90. The zero-order valence-corrected chi connectivity index (χ0v) is 17.8. The molecule has 0 N–H and O–H groups in total. The average Bonchev–Trinajstić information content (AvgIpc) is 3.20. The summed E-state index contributed by atoms with van der Waals surface area (Å²) < 4.78 is 11.3. The van der Waals surface area contributed by atoms with Gasteiger partial charge in [0, 0.05) is 38.9 Å². The maximum absolute atomic E-state index is 12.1. The van der Waals surface area contributed by atoms with Gasteiger partial charge in [0.05, 0.1) is 23.1 Å². The number of rotatable bonds is 5. The highest BCUT2D eigenvalue weighted by Crippen LogP contribution is 2.27. The van der Waals surface area contributed by atoms with Crippen molar-refractivity contribution >= 4 is 23.2 Å². The number of carbonyl (C=O) groups is 1. The van der Waals surface area contributed by atoms with Crippen LogP contribution in [0.2, 0.25) is 0 Å². The maximum atomic E-state index is 12.1.